The van der Waals surface area contributed by atoms with Crippen LogP contribution in [0, 0.1) is 0 Å². The van der Waals surface area contributed by atoms with Crippen molar-refractivity contribution in [3.63, 3.8) is 0 Å². The van der Waals surface area contributed by atoms with E-state index in [4.69, 9.17) is 0 Å². The van der Waals surface area contributed by atoms with Crippen molar-refractivity contribution in [3.8, 4) is 0 Å². The van der Waals surface area contributed by atoms with E-state index >= 15 is 0 Å². The Morgan fingerprint density at radius 1 is 1.40 bits per heavy atom. The van der Waals surface area contributed by atoms with Gasteiger partial charge in [-0.15, -0.1) is 0 Å². The van der Waals surface area contributed by atoms with Crippen molar-refractivity contribution in [3.05, 3.63) is 0 Å². The molecule has 1 aliphatic rings. The van der Waals surface area contributed by atoms with Gasteiger partial charge in [-0.2, -0.15) is 5.11 Å². The molecule has 3 heteroatoms. The van der Waals surface area contributed by atoms with Gasteiger partial charge in [-0.05, 0) is 12.8 Å². The first-order valence-electron chi connectivity index (χ1n) is 4.03. The summed E-state index contributed by atoms with van der Waals surface area (Å²) in [5.74, 6) is 0. The highest BCUT2D eigenvalue weighted by Gasteiger charge is 2.22. The maximum Gasteiger partial charge on any atom is 0.0946 e. The Morgan fingerprint density at radius 2 is 2.20 bits per heavy atom. The minimum absolute atomic E-state index is 0.440. The van der Waals surface area contributed by atoms with E-state index in [-0.39, 0.29) is 0 Å². The first-order chi connectivity index (χ1) is 4.88. The minimum Gasteiger partial charge on any atom is -0.287 e. The summed E-state index contributed by atoms with van der Waals surface area (Å²) in [4.78, 5) is 0. The fourth-order valence-corrected chi connectivity index (χ4v) is 1.27. The normalized spacial score (nSPS) is 30.6. The molecule has 0 saturated heterocycles. The van der Waals surface area contributed by atoms with Crippen molar-refractivity contribution in [2.75, 3.05) is 0 Å². The molecule has 0 amide bonds. The molecule has 0 aromatic rings. The highest BCUT2D eigenvalue weighted by Crippen LogP contribution is 2.14. The zero-order valence-electron chi connectivity index (χ0n) is 6.67. The molecular formula is C7H15N3. The first-order valence-corrected chi connectivity index (χ1v) is 4.03. The highest BCUT2D eigenvalue weighted by molar-refractivity contribution is 4.81. The van der Waals surface area contributed by atoms with Crippen LogP contribution in [0.25, 0.3) is 0 Å². The number of nitrogens with zero attached hydrogens (tertiary/aromatic N) is 2. The van der Waals surface area contributed by atoms with E-state index in [0.29, 0.717) is 12.1 Å². The maximum absolute atomic E-state index is 4.09. The topological polar surface area (TPSA) is 36.8 Å². The number of hydrogen-bond donors (Lipinski definition) is 1. The molecule has 0 aromatic carbocycles. The summed E-state index contributed by atoms with van der Waals surface area (Å²) >= 11 is 0. The molecule has 2 unspecified atom stereocenters. The molecule has 58 valence electrons. The second-order valence-corrected chi connectivity index (χ2v) is 2.72. The first kappa shape index (κ1) is 7.51. The molecule has 1 heterocycles. The van der Waals surface area contributed by atoms with Crippen molar-refractivity contribution in [1.82, 2.24) is 5.43 Å². The maximum atomic E-state index is 4.09. The standard InChI is InChI=1S/C7H15N3/c1-3-5-7-6(4-2)8-10-9-7/h6-7H,3-5H2,1-2H3,(H,8,9). The lowest BCUT2D eigenvalue weighted by molar-refractivity contribution is 0.470. The largest absolute Gasteiger partial charge is 0.287 e. The van der Waals surface area contributed by atoms with Crippen LogP contribution in [0.2, 0.25) is 0 Å². The lowest BCUT2D eigenvalue weighted by Crippen LogP contribution is -2.29. The molecule has 0 aromatic heterocycles. The quantitative estimate of drug-likeness (QED) is 0.640. The SMILES string of the molecule is CCCC1N=NNC1CC. The van der Waals surface area contributed by atoms with Crippen molar-refractivity contribution < 1.29 is 0 Å². The highest BCUT2D eigenvalue weighted by atomic mass is 15.5. The molecular weight excluding hydrogens is 126 g/mol. The minimum atomic E-state index is 0.440. The van der Waals surface area contributed by atoms with Gasteiger partial charge in [0.05, 0.1) is 12.1 Å². The zero-order valence-corrected chi connectivity index (χ0v) is 6.67. The monoisotopic (exact) mass is 141 g/mol. The average Bonchev–Trinajstić information content (AvgIpc) is 2.36. The third-order valence-electron chi connectivity index (χ3n) is 1.92. The molecule has 1 N–H and O–H groups in total. The van der Waals surface area contributed by atoms with Crippen molar-refractivity contribution in [1.29, 1.82) is 0 Å². The Labute approximate surface area is 61.9 Å². The second-order valence-electron chi connectivity index (χ2n) is 2.72. The molecule has 10 heavy (non-hydrogen) atoms. The van der Waals surface area contributed by atoms with Crippen molar-refractivity contribution in [2.24, 2.45) is 10.3 Å². The Bertz CT molecular complexity index is 122. The van der Waals surface area contributed by atoms with Crippen LogP contribution in [0.4, 0.5) is 0 Å². The zero-order chi connectivity index (χ0) is 7.40. The van der Waals surface area contributed by atoms with Gasteiger partial charge in [0.1, 0.15) is 0 Å². The number of nitrogens with one attached hydrogen (secondary N) is 1. The van der Waals surface area contributed by atoms with Crippen LogP contribution in [0.15, 0.2) is 10.3 Å². The summed E-state index contributed by atoms with van der Waals surface area (Å²) in [6.07, 6.45) is 3.48. The van der Waals surface area contributed by atoms with Crippen LogP contribution in [0.1, 0.15) is 33.1 Å². The third kappa shape index (κ3) is 1.46. The van der Waals surface area contributed by atoms with Crippen LogP contribution in [0.5, 0.6) is 0 Å². The number of rotatable bonds is 3. The van der Waals surface area contributed by atoms with Gasteiger partial charge in [0.25, 0.3) is 0 Å². The summed E-state index contributed by atoms with van der Waals surface area (Å²) in [5.41, 5.74) is 3.00. The van der Waals surface area contributed by atoms with Crippen molar-refractivity contribution in [2.45, 2.75) is 45.2 Å². The van der Waals surface area contributed by atoms with Crippen LogP contribution < -0.4 is 5.43 Å². The van der Waals surface area contributed by atoms with Gasteiger partial charge >= 0.3 is 0 Å². The molecule has 0 fully saturated rings. The van der Waals surface area contributed by atoms with Crippen LogP contribution in [-0.2, 0) is 0 Å². The lowest BCUT2D eigenvalue weighted by atomic mass is 10.0. The molecule has 0 aliphatic carbocycles. The van der Waals surface area contributed by atoms with Gasteiger partial charge in [0.2, 0.25) is 0 Å². The third-order valence-corrected chi connectivity index (χ3v) is 1.92. The van der Waals surface area contributed by atoms with Gasteiger partial charge < -0.3 is 0 Å². The molecule has 3 nitrogen and oxygen atoms in total. The summed E-state index contributed by atoms with van der Waals surface area (Å²) < 4.78 is 0. The van der Waals surface area contributed by atoms with Gasteiger partial charge in [0, 0.05) is 0 Å². The van der Waals surface area contributed by atoms with E-state index in [1.807, 2.05) is 0 Å². The fraction of sp³-hybridized carbons (Fsp3) is 1.00. The second kappa shape index (κ2) is 3.54. The van der Waals surface area contributed by atoms with E-state index in [2.05, 4.69) is 29.6 Å². The Balaban J connectivity index is 2.33. The Morgan fingerprint density at radius 3 is 2.80 bits per heavy atom. The van der Waals surface area contributed by atoms with Gasteiger partial charge in [-0.25, -0.2) is 0 Å². The molecule has 0 bridgehead atoms. The summed E-state index contributed by atoms with van der Waals surface area (Å²) in [6, 6.07) is 0.940. The average molecular weight is 141 g/mol. The molecule has 0 radical (unpaired) electrons. The predicted octanol–water partition coefficient (Wildman–Crippen LogP) is 1.90. The molecule has 1 rings (SSSR count). The molecule has 0 spiro atoms. The van der Waals surface area contributed by atoms with Gasteiger partial charge in [-0.3, -0.25) is 5.43 Å². The van der Waals surface area contributed by atoms with E-state index in [1.165, 1.54) is 6.42 Å². The smallest absolute Gasteiger partial charge is 0.0946 e. The van der Waals surface area contributed by atoms with E-state index in [9.17, 15) is 0 Å². The Hall–Kier alpha value is -0.600. The van der Waals surface area contributed by atoms with Crippen LogP contribution >= 0.6 is 0 Å². The van der Waals surface area contributed by atoms with Crippen LogP contribution in [-0.4, -0.2) is 12.1 Å². The summed E-state index contributed by atoms with van der Waals surface area (Å²) in [7, 11) is 0. The number of hydrogen-bond acceptors (Lipinski definition) is 3. The fourth-order valence-electron chi connectivity index (χ4n) is 1.27. The lowest BCUT2D eigenvalue weighted by Gasteiger charge is -2.12. The van der Waals surface area contributed by atoms with Crippen LogP contribution in [0.3, 0.4) is 0 Å². The predicted molar refractivity (Wildman–Crippen MR) is 40.8 cm³/mol. The van der Waals surface area contributed by atoms with Crippen molar-refractivity contribution >= 4 is 0 Å². The van der Waals surface area contributed by atoms with E-state index in [0.717, 1.165) is 12.8 Å². The van der Waals surface area contributed by atoms with Gasteiger partial charge in [-0.1, -0.05) is 25.5 Å². The molecule has 0 saturated carbocycles. The van der Waals surface area contributed by atoms with E-state index in [1.54, 1.807) is 0 Å². The summed E-state index contributed by atoms with van der Waals surface area (Å²) in [6.45, 7) is 4.34. The van der Waals surface area contributed by atoms with Gasteiger partial charge in [0.15, 0.2) is 0 Å². The van der Waals surface area contributed by atoms with E-state index < -0.39 is 0 Å². The molecule has 2 atom stereocenters. The molecule has 1 aliphatic heterocycles. The Kier molecular flexibility index (Phi) is 2.66. The summed E-state index contributed by atoms with van der Waals surface area (Å²) in [5, 5.41) is 7.90.